The van der Waals surface area contributed by atoms with Crippen LogP contribution in [0.5, 0.6) is 0 Å². The maximum atomic E-state index is 8.58. The van der Waals surface area contributed by atoms with Crippen LogP contribution in [0.1, 0.15) is 25.3 Å². The van der Waals surface area contributed by atoms with E-state index in [1.807, 2.05) is 10.9 Å². The van der Waals surface area contributed by atoms with Crippen LogP contribution in [0.15, 0.2) is 12.4 Å². The monoisotopic (exact) mass is 197 g/mol. The van der Waals surface area contributed by atoms with Gasteiger partial charge in [-0.2, -0.15) is 5.10 Å². The second-order valence-corrected chi connectivity index (χ2v) is 3.31. The molecular formula is C10H19N3O. The van der Waals surface area contributed by atoms with Gasteiger partial charge in [-0.05, 0) is 26.3 Å². The van der Waals surface area contributed by atoms with Crippen LogP contribution in [0.3, 0.4) is 0 Å². The predicted octanol–water partition coefficient (Wildman–Crippen LogP) is 0.765. The van der Waals surface area contributed by atoms with Gasteiger partial charge in [0, 0.05) is 31.5 Å². The Balaban J connectivity index is 2.12. The molecule has 80 valence electrons. The van der Waals surface area contributed by atoms with Gasteiger partial charge in [0.2, 0.25) is 0 Å². The largest absolute Gasteiger partial charge is 0.396 e. The highest BCUT2D eigenvalue weighted by atomic mass is 16.2. The first-order valence-electron chi connectivity index (χ1n) is 5.19. The van der Waals surface area contributed by atoms with E-state index in [0.717, 1.165) is 32.5 Å². The van der Waals surface area contributed by atoms with Crippen molar-refractivity contribution in [2.45, 2.75) is 32.9 Å². The van der Waals surface area contributed by atoms with E-state index in [4.69, 9.17) is 5.11 Å². The molecule has 0 aliphatic rings. The third-order valence-electron chi connectivity index (χ3n) is 2.10. The fraction of sp³-hybridized carbons (Fsp3) is 0.700. The lowest BCUT2D eigenvalue weighted by molar-refractivity contribution is 0.283. The molecule has 0 aliphatic heterocycles. The summed E-state index contributed by atoms with van der Waals surface area (Å²) in [5, 5.41) is 16.1. The number of aromatic nitrogens is 2. The number of nitrogens with one attached hydrogen (secondary N) is 1. The van der Waals surface area contributed by atoms with Crippen LogP contribution in [0.2, 0.25) is 0 Å². The fourth-order valence-corrected chi connectivity index (χ4v) is 1.27. The fourth-order valence-electron chi connectivity index (χ4n) is 1.27. The number of hydrogen-bond donors (Lipinski definition) is 2. The summed E-state index contributed by atoms with van der Waals surface area (Å²) in [6, 6.07) is 0. The third kappa shape index (κ3) is 3.89. The summed E-state index contributed by atoms with van der Waals surface area (Å²) < 4.78 is 1.92. The normalized spacial score (nSPS) is 10.7. The summed E-state index contributed by atoms with van der Waals surface area (Å²) in [6.07, 6.45) is 5.85. The molecule has 1 aromatic heterocycles. The van der Waals surface area contributed by atoms with Crippen LogP contribution in [0.4, 0.5) is 0 Å². The van der Waals surface area contributed by atoms with Crippen molar-refractivity contribution in [1.29, 1.82) is 0 Å². The van der Waals surface area contributed by atoms with Crippen molar-refractivity contribution in [2.75, 3.05) is 13.2 Å². The van der Waals surface area contributed by atoms with E-state index in [0.29, 0.717) is 0 Å². The molecular weight excluding hydrogens is 178 g/mol. The van der Waals surface area contributed by atoms with Gasteiger partial charge >= 0.3 is 0 Å². The van der Waals surface area contributed by atoms with Gasteiger partial charge in [-0.3, -0.25) is 4.68 Å². The van der Waals surface area contributed by atoms with Crippen LogP contribution >= 0.6 is 0 Å². The van der Waals surface area contributed by atoms with E-state index < -0.39 is 0 Å². The number of unbranched alkanes of at least 4 members (excludes halogenated alkanes) is 1. The van der Waals surface area contributed by atoms with Crippen molar-refractivity contribution in [3.05, 3.63) is 18.0 Å². The SMILES string of the molecule is CCn1cc(CNCCCCO)cn1. The maximum Gasteiger partial charge on any atom is 0.0534 e. The molecule has 0 saturated carbocycles. The molecule has 0 spiro atoms. The van der Waals surface area contributed by atoms with Crippen molar-refractivity contribution >= 4 is 0 Å². The topological polar surface area (TPSA) is 50.1 Å². The summed E-state index contributed by atoms with van der Waals surface area (Å²) in [6.45, 7) is 5.11. The quantitative estimate of drug-likeness (QED) is 0.635. The minimum Gasteiger partial charge on any atom is -0.396 e. The van der Waals surface area contributed by atoms with Gasteiger partial charge in [0.05, 0.1) is 6.20 Å². The highest BCUT2D eigenvalue weighted by Crippen LogP contribution is 1.96. The molecule has 1 heterocycles. The lowest BCUT2D eigenvalue weighted by Crippen LogP contribution is -2.14. The smallest absolute Gasteiger partial charge is 0.0534 e. The first kappa shape index (κ1) is 11.2. The molecule has 0 atom stereocenters. The molecule has 0 unspecified atom stereocenters. The van der Waals surface area contributed by atoms with Gasteiger partial charge in [-0.15, -0.1) is 0 Å². The molecule has 1 rings (SSSR count). The molecule has 1 aromatic rings. The van der Waals surface area contributed by atoms with Gasteiger partial charge in [0.15, 0.2) is 0 Å². The summed E-state index contributed by atoms with van der Waals surface area (Å²) >= 11 is 0. The van der Waals surface area contributed by atoms with Crippen molar-refractivity contribution in [3.8, 4) is 0 Å². The Kier molecular flexibility index (Phi) is 5.25. The van der Waals surface area contributed by atoms with Gasteiger partial charge in [0.25, 0.3) is 0 Å². The summed E-state index contributed by atoms with van der Waals surface area (Å²) in [7, 11) is 0. The molecule has 4 nitrogen and oxygen atoms in total. The Morgan fingerprint density at radius 2 is 2.36 bits per heavy atom. The Morgan fingerprint density at radius 3 is 3.00 bits per heavy atom. The Hall–Kier alpha value is -0.870. The zero-order valence-electron chi connectivity index (χ0n) is 8.74. The molecule has 0 amide bonds. The van der Waals surface area contributed by atoms with E-state index in [1.165, 1.54) is 5.56 Å². The highest BCUT2D eigenvalue weighted by Gasteiger charge is 1.95. The minimum absolute atomic E-state index is 0.287. The average Bonchev–Trinajstić information content (AvgIpc) is 2.65. The lowest BCUT2D eigenvalue weighted by Gasteiger charge is -2.00. The van der Waals surface area contributed by atoms with Crippen LogP contribution < -0.4 is 5.32 Å². The molecule has 2 N–H and O–H groups in total. The molecule has 0 bridgehead atoms. The van der Waals surface area contributed by atoms with Gasteiger partial charge < -0.3 is 10.4 Å². The number of aliphatic hydroxyl groups is 1. The summed E-state index contributed by atoms with van der Waals surface area (Å²) in [4.78, 5) is 0. The van der Waals surface area contributed by atoms with E-state index in [-0.39, 0.29) is 6.61 Å². The first-order chi connectivity index (χ1) is 6.86. The van der Waals surface area contributed by atoms with Gasteiger partial charge in [-0.25, -0.2) is 0 Å². The Morgan fingerprint density at radius 1 is 1.50 bits per heavy atom. The van der Waals surface area contributed by atoms with Crippen molar-refractivity contribution in [2.24, 2.45) is 0 Å². The summed E-state index contributed by atoms with van der Waals surface area (Å²) in [5.74, 6) is 0. The number of aliphatic hydroxyl groups excluding tert-OH is 1. The van der Waals surface area contributed by atoms with Crippen molar-refractivity contribution in [1.82, 2.24) is 15.1 Å². The Bertz CT molecular complexity index is 247. The minimum atomic E-state index is 0.287. The zero-order chi connectivity index (χ0) is 10.2. The number of nitrogens with zero attached hydrogens (tertiary/aromatic N) is 2. The van der Waals surface area contributed by atoms with Crippen molar-refractivity contribution in [3.63, 3.8) is 0 Å². The number of aryl methyl sites for hydroxylation is 1. The van der Waals surface area contributed by atoms with E-state index in [1.54, 1.807) is 0 Å². The molecule has 0 aromatic carbocycles. The lowest BCUT2D eigenvalue weighted by atomic mass is 10.3. The highest BCUT2D eigenvalue weighted by molar-refractivity contribution is 5.02. The third-order valence-corrected chi connectivity index (χ3v) is 2.10. The summed E-state index contributed by atoms with van der Waals surface area (Å²) in [5.41, 5.74) is 1.22. The van der Waals surface area contributed by atoms with Crippen LogP contribution in [-0.2, 0) is 13.1 Å². The number of hydrogen-bond acceptors (Lipinski definition) is 3. The maximum absolute atomic E-state index is 8.58. The van der Waals surface area contributed by atoms with Gasteiger partial charge in [-0.1, -0.05) is 0 Å². The Labute approximate surface area is 84.9 Å². The zero-order valence-corrected chi connectivity index (χ0v) is 8.74. The van der Waals surface area contributed by atoms with Crippen molar-refractivity contribution < 1.29 is 5.11 Å². The molecule has 0 saturated heterocycles. The van der Waals surface area contributed by atoms with Crippen LogP contribution in [0.25, 0.3) is 0 Å². The van der Waals surface area contributed by atoms with Gasteiger partial charge in [0.1, 0.15) is 0 Å². The molecule has 0 radical (unpaired) electrons. The molecule has 14 heavy (non-hydrogen) atoms. The standard InChI is InChI=1S/C10H19N3O/c1-2-13-9-10(8-12-13)7-11-5-3-4-6-14/h8-9,11,14H,2-7H2,1H3. The second kappa shape index (κ2) is 6.56. The first-order valence-corrected chi connectivity index (χ1v) is 5.19. The predicted molar refractivity (Wildman–Crippen MR) is 55.9 cm³/mol. The molecule has 0 aliphatic carbocycles. The van der Waals surface area contributed by atoms with Crippen LogP contribution in [-0.4, -0.2) is 28.0 Å². The van der Waals surface area contributed by atoms with E-state index in [9.17, 15) is 0 Å². The molecule has 4 heteroatoms. The van der Waals surface area contributed by atoms with E-state index in [2.05, 4.69) is 23.5 Å². The average molecular weight is 197 g/mol. The van der Waals surface area contributed by atoms with Crippen LogP contribution in [0, 0.1) is 0 Å². The van der Waals surface area contributed by atoms with E-state index >= 15 is 0 Å². The second-order valence-electron chi connectivity index (χ2n) is 3.31. The molecule has 0 fully saturated rings. The number of rotatable bonds is 7.